The molecule has 0 atom stereocenters. The fourth-order valence-corrected chi connectivity index (χ4v) is 1.61. The molecule has 92 valence electrons. The van der Waals surface area contributed by atoms with Crippen molar-refractivity contribution < 1.29 is 9.66 Å². The standard InChI is InChI=1S/C13H12N2O3/c1-9-5-11(15(16)17)8-13(6-9)18-12-4-2-3-10(14)7-12/h2-8H,14H2,1H3. The molecule has 5 nitrogen and oxygen atoms in total. The molecule has 2 aromatic carbocycles. The van der Waals surface area contributed by atoms with Crippen molar-refractivity contribution in [3.8, 4) is 11.5 Å². The number of nitro benzene ring substituents is 1. The van der Waals surface area contributed by atoms with Crippen LogP contribution in [0.3, 0.4) is 0 Å². The molecule has 0 saturated carbocycles. The second-order valence-corrected chi connectivity index (χ2v) is 3.94. The molecule has 2 aromatic rings. The molecule has 0 amide bonds. The molecule has 0 aliphatic carbocycles. The van der Waals surface area contributed by atoms with E-state index in [1.54, 1.807) is 37.3 Å². The Kier molecular flexibility index (Phi) is 3.14. The molecule has 0 aromatic heterocycles. The first-order valence-electron chi connectivity index (χ1n) is 5.34. The second kappa shape index (κ2) is 4.75. The maximum atomic E-state index is 10.7. The van der Waals surface area contributed by atoms with E-state index in [2.05, 4.69) is 0 Å². The molecule has 0 unspecified atom stereocenters. The van der Waals surface area contributed by atoms with E-state index in [4.69, 9.17) is 10.5 Å². The summed E-state index contributed by atoms with van der Waals surface area (Å²) >= 11 is 0. The van der Waals surface area contributed by atoms with Crippen LogP contribution in [0, 0.1) is 17.0 Å². The molecule has 0 bridgehead atoms. The average molecular weight is 244 g/mol. The third kappa shape index (κ3) is 2.76. The molecule has 2 rings (SSSR count). The van der Waals surface area contributed by atoms with Crippen molar-refractivity contribution in [2.24, 2.45) is 0 Å². The zero-order valence-corrected chi connectivity index (χ0v) is 9.79. The molecule has 18 heavy (non-hydrogen) atoms. The number of aryl methyl sites for hydroxylation is 1. The van der Waals surface area contributed by atoms with E-state index < -0.39 is 4.92 Å². The minimum atomic E-state index is -0.445. The summed E-state index contributed by atoms with van der Waals surface area (Å²) in [5.74, 6) is 0.974. The molecule has 0 spiro atoms. The van der Waals surface area contributed by atoms with Gasteiger partial charge >= 0.3 is 0 Å². The Morgan fingerprint density at radius 3 is 2.61 bits per heavy atom. The first-order chi connectivity index (χ1) is 8.54. The number of non-ortho nitro benzene ring substituents is 1. The van der Waals surface area contributed by atoms with Gasteiger partial charge in [-0.3, -0.25) is 10.1 Å². The van der Waals surface area contributed by atoms with Gasteiger partial charge in [-0.25, -0.2) is 0 Å². The van der Waals surface area contributed by atoms with Gasteiger partial charge in [-0.1, -0.05) is 6.07 Å². The third-order valence-corrected chi connectivity index (χ3v) is 2.34. The number of hydrogen-bond donors (Lipinski definition) is 1. The van der Waals surface area contributed by atoms with Crippen LogP contribution in [0.4, 0.5) is 11.4 Å². The summed E-state index contributed by atoms with van der Waals surface area (Å²) in [7, 11) is 0. The molecule has 0 fully saturated rings. The van der Waals surface area contributed by atoms with E-state index in [0.29, 0.717) is 17.2 Å². The average Bonchev–Trinajstić information content (AvgIpc) is 2.28. The quantitative estimate of drug-likeness (QED) is 0.510. The fraction of sp³-hybridized carbons (Fsp3) is 0.0769. The number of ether oxygens (including phenoxy) is 1. The molecule has 0 aliphatic heterocycles. The molecule has 0 heterocycles. The Bertz CT molecular complexity index is 597. The van der Waals surface area contributed by atoms with Crippen LogP contribution in [0.2, 0.25) is 0 Å². The first kappa shape index (κ1) is 11.9. The molecule has 0 saturated heterocycles. The molecule has 2 N–H and O–H groups in total. The summed E-state index contributed by atoms with van der Waals surface area (Å²) in [4.78, 5) is 10.3. The summed E-state index contributed by atoms with van der Waals surface area (Å²) in [5.41, 5.74) is 6.99. The number of benzene rings is 2. The van der Waals surface area contributed by atoms with E-state index in [0.717, 1.165) is 5.56 Å². The largest absolute Gasteiger partial charge is 0.457 e. The highest BCUT2D eigenvalue weighted by Crippen LogP contribution is 2.27. The topological polar surface area (TPSA) is 78.4 Å². The predicted molar refractivity (Wildman–Crippen MR) is 68.8 cm³/mol. The van der Waals surface area contributed by atoms with Crippen LogP contribution in [0.1, 0.15) is 5.56 Å². The van der Waals surface area contributed by atoms with E-state index in [1.807, 2.05) is 0 Å². The minimum absolute atomic E-state index is 0.00824. The second-order valence-electron chi connectivity index (χ2n) is 3.94. The van der Waals surface area contributed by atoms with E-state index in [1.165, 1.54) is 12.1 Å². The van der Waals surface area contributed by atoms with Crippen molar-refractivity contribution in [3.05, 3.63) is 58.1 Å². The van der Waals surface area contributed by atoms with Crippen molar-refractivity contribution >= 4 is 11.4 Å². The van der Waals surface area contributed by atoms with E-state index in [9.17, 15) is 10.1 Å². The van der Waals surface area contributed by atoms with E-state index >= 15 is 0 Å². The lowest BCUT2D eigenvalue weighted by Crippen LogP contribution is -1.92. The zero-order valence-electron chi connectivity index (χ0n) is 9.79. The maximum Gasteiger partial charge on any atom is 0.273 e. The number of anilines is 1. The Hall–Kier alpha value is -2.56. The van der Waals surface area contributed by atoms with Gasteiger partial charge < -0.3 is 10.5 Å². The molecule has 5 heteroatoms. The van der Waals surface area contributed by atoms with Crippen LogP contribution in [0.5, 0.6) is 11.5 Å². The highest BCUT2D eigenvalue weighted by molar-refractivity contribution is 5.47. The molecular weight excluding hydrogens is 232 g/mol. The van der Waals surface area contributed by atoms with Crippen molar-refractivity contribution in [3.63, 3.8) is 0 Å². The molecular formula is C13H12N2O3. The lowest BCUT2D eigenvalue weighted by atomic mass is 10.2. The van der Waals surface area contributed by atoms with Gasteiger partial charge in [0.2, 0.25) is 0 Å². The number of nitrogens with zero attached hydrogens (tertiary/aromatic N) is 1. The smallest absolute Gasteiger partial charge is 0.273 e. The maximum absolute atomic E-state index is 10.7. The number of nitrogens with two attached hydrogens (primary N) is 1. The highest BCUT2D eigenvalue weighted by atomic mass is 16.6. The van der Waals surface area contributed by atoms with Gasteiger partial charge in [0.05, 0.1) is 11.0 Å². The van der Waals surface area contributed by atoms with Gasteiger partial charge in [-0.05, 0) is 30.7 Å². The van der Waals surface area contributed by atoms with Gasteiger partial charge in [0.1, 0.15) is 11.5 Å². The van der Waals surface area contributed by atoms with Crippen LogP contribution in [0.15, 0.2) is 42.5 Å². The predicted octanol–water partition coefficient (Wildman–Crippen LogP) is 3.28. The SMILES string of the molecule is Cc1cc(Oc2cccc(N)c2)cc([N+](=O)[O-])c1. The number of rotatable bonds is 3. The van der Waals surface area contributed by atoms with Gasteiger partial charge in [-0.15, -0.1) is 0 Å². The van der Waals surface area contributed by atoms with Gasteiger partial charge in [0.15, 0.2) is 0 Å². The minimum Gasteiger partial charge on any atom is -0.457 e. The molecule has 0 aliphatic rings. The summed E-state index contributed by atoms with van der Waals surface area (Å²) in [6, 6.07) is 11.5. The fourth-order valence-electron chi connectivity index (χ4n) is 1.61. The summed E-state index contributed by atoms with van der Waals surface area (Å²) < 4.78 is 5.55. The van der Waals surface area contributed by atoms with Crippen molar-refractivity contribution in [2.75, 3.05) is 5.73 Å². The van der Waals surface area contributed by atoms with Gasteiger partial charge in [0, 0.05) is 17.8 Å². The van der Waals surface area contributed by atoms with Crippen molar-refractivity contribution in [2.45, 2.75) is 6.92 Å². The lowest BCUT2D eigenvalue weighted by molar-refractivity contribution is -0.385. The van der Waals surface area contributed by atoms with Gasteiger partial charge in [-0.2, -0.15) is 0 Å². The Morgan fingerprint density at radius 2 is 1.94 bits per heavy atom. The summed E-state index contributed by atoms with van der Waals surface area (Å²) in [5, 5.41) is 10.7. The first-order valence-corrected chi connectivity index (χ1v) is 5.34. The third-order valence-electron chi connectivity index (χ3n) is 2.34. The summed E-state index contributed by atoms with van der Waals surface area (Å²) in [6.07, 6.45) is 0. The number of hydrogen-bond acceptors (Lipinski definition) is 4. The Morgan fingerprint density at radius 1 is 1.17 bits per heavy atom. The Balaban J connectivity index is 2.31. The normalized spacial score (nSPS) is 10.1. The van der Waals surface area contributed by atoms with Gasteiger partial charge in [0.25, 0.3) is 5.69 Å². The van der Waals surface area contributed by atoms with Crippen LogP contribution in [-0.4, -0.2) is 4.92 Å². The number of nitrogen functional groups attached to an aromatic ring is 1. The van der Waals surface area contributed by atoms with Crippen molar-refractivity contribution in [1.82, 2.24) is 0 Å². The lowest BCUT2D eigenvalue weighted by Gasteiger charge is -2.07. The Labute approximate surface area is 104 Å². The van der Waals surface area contributed by atoms with Crippen LogP contribution in [-0.2, 0) is 0 Å². The van der Waals surface area contributed by atoms with Crippen LogP contribution in [0.25, 0.3) is 0 Å². The summed E-state index contributed by atoms with van der Waals surface area (Å²) in [6.45, 7) is 1.78. The molecule has 0 radical (unpaired) electrons. The highest BCUT2D eigenvalue weighted by Gasteiger charge is 2.09. The van der Waals surface area contributed by atoms with E-state index in [-0.39, 0.29) is 5.69 Å². The van der Waals surface area contributed by atoms with Crippen LogP contribution < -0.4 is 10.5 Å². The van der Waals surface area contributed by atoms with Crippen molar-refractivity contribution in [1.29, 1.82) is 0 Å². The van der Waals surface area contributed by atoms with Crippen LogP contribution >= 0.6 is 0 Å². The monoisotopic (exact) mass is 244 g/mol. The zero-order chi connectivity index (χ0) is 13.1. The number of nitro groups is 1.